The third-order valence-corrected chi connectivity index (χ3v) is 5.69. The van der Waals surface area contributed by atoms with Crippen molar-refractivity contribution in [1.29, 1.82) is 0 Å². The van der Waals surface area contributed by atoms with Gasteiger partial charge in [-0.3, -0.25) is 4.79 Å². The number of thiazole rings is 1. The van der Waals surface area contributed by atoms with Gasteiger partial charge in [0.05, 0.1) is 29.8 Å². The molecule has 1 amide bonds. The average Bonchev–Trinajstić information content (AvgIpc) is 3.33. The molecule has 0 saturated heterocycles. The lowest BCUT2D eigenvalue weighted by Crippen LogP contribution is -2.30. The van der Waals surface area contributed by atoms with E-state index in [1.807, 2.05) is 48.7 Å². The van der Waals surface area contributed by atoms with Gasteiger partial charge < -0.3 is 9.64 Å². The summed E-state index contributed by atoms with van der Waals surface area (Å²) in [7, 11) is 1.37. The van der Waals surface area contributed by atoms with E-state index in [1.165, 1.54) is 7.11 Å². The van der Waals surface area contributed by atoms with Crippen LogP contribution in [0.4, 0.5) is 5.69 Å². The molecule has 1 aliphatic heterocycles. The molecule has 1 aromatic heterocycles. The van der Waals surface area contributed by atoms with Crippen LogP contribution >= 0.6 is 11.3 Å². The summed E-state index contributed by atoms with van der Waals surface area (Å²) in [5.74, 6) is -0.301. The molecule has 0 bridgehead atoms. The van der Waals surface area contributed by atoms with Crippen molar-refractivity contribution in [3.63, 3.8) is 0 Å². The molecule has 5 nitrogen and oxygen atoms in total. The van der Waals surface area contributed by atoms with Crippen molar-refractivity contribution < 1.29 is 14.3 Å². The smallest absolute Gasteiger partial charge is 0.337 e. The average molecular weight is 392 g/mol. The van der Waals surface area contributed by atoms with E-state index >= 15 is 0 Å². The Balaban J connectivity index is 1.47. The van der Waals surface area contributed by atoms with Gasteiger partial charge >= 0.3 is 5.97 Å². The van der Waals surface area contributed by atoms with Crippen LogP contribution in [-0.2, 0) is 22.4 Å². The van der Waals surface area contributed by atoms with E-state index in [-0.39, 0.29) is 11.9 Å². The first-order valence-electron chi connectivity index (χ1n) is 9.08. The van der Waals surface area contributed by atoms with Gasteiger partial charge in [-0.15, -0.1) is 11.3 Å². The Bertz CT molecular complexity index is 1040. The van der Waals surface area contributed by atoms with Gasteiger partial charge in [0.1, 0.15) is 0 Å². The number of fused-ring (bicyclic) bond motifs is 1. The Morgan fingerprint density at radius 3 is 2.64 bits per heavy atom. The minimum atomic E-state index is -0.358. The maximum Gasteiger partial charge on any atom is 0.337 e. The number of carbonyl (C=O) groups excluding carboxylic acids is 2. The monoisotopic (exact) mass is 392 g/mol. The molecule has 6 heteroatoms. The van der Waals surface area contributed by atoms with Crippen molar-refractivity contribution in [2.75, 3.05) is 18.6 Å². The van der Waals surface area contributed by atoms with Gasteiger partial charge in [0, 0.05) is 23.2 Å². The third-order valence-electron chi connectivity index (χ3n) is 4.92. The summed E-state index contributed by atoms with van der Waals surface area (Å²) in [4.78, 5) is 30.8. The van der Waals surface area contributed by atoms with Gasteiger partial charge in [0.2, 0.25) is 5.91 Å². The fourth-order valence-electron chi connectivity index (χ4n) is 3.47. The lowest BCUT2D eigenvalue weighted by molar-refractivity contribution is -0.117. The maximum atomic E-state index is 12.8. The Hall–Kier alpha value is -2.99. The summed E-state index contributed by atoms with van der Waals surface area (Å²) in [6.07, 6.45) is 1.09. The molecule has 3 aromatic rings. The molecule has 2 heterocycles. The number of aromatic nitrogens is 1. The minimum Gasteiger partial charge on any atom is -0.465 e. The van der Waals surface area contributed by atoms with Crippen molar-refractivity contribution in [3.8, 4) is 11.3 Å². The van der Waals surface area contributed by atoms with Crippen LogP contribution in [0.3, 0.4) is 0 Å². The summed E-state index contributed by atoms with van der Waals surface area (Å²) in [6.45, 7) is 2.62. The zero-order chi connectivity index (χ0) is 19.7. The normalized spacial score (nSPS) is 12.7. The second-order valence-electron chi connectivity index (χ2n) is 6.76. The fraction of sp³-hybridized carbons (Fsp3) is 0.227. The molecule has 0 aliphatic carbocycles. The highest BCUT2D eigenvalue weighted by Crippen LogP contribution is 2.30. The van der Waals surface area contributed by atoms with Crippen LogP contribution in [0.15, 0.2) is 47.8 Å². The fourth-order valence-corrected chi connectivity index (χ4v) is 4.09. The molecule has 0 spiro atoms. The molecule has 0 unspecified atom stereocenters. The summed E-state index contributed by atoms with van der Waals surface area (Å²) >= 11 is 1.63. The van der Waals surface area contributed by atoms with Gasteiger partial charge in [0.15, 0.2) is 0 Å². The van der Waals surface area contributed by atoms with E-state index < -0.39 is 0 Å². The zero-order valence-electron chi connectivity index (χ0n) is 15.8. The first-order chi connectivity index (χ1) is 13.5. The highest BCUT2D eigenvalue weighted by Gasteiger charge is 2.25. The Labute approximate surface area is 167 Å². The lowest BCUT2D eigenvalue weighted by Gasteiger charge is -2.17. The van der Waals surface area contributed by atoms with Crippen LogP contribution in [0.5, 0.6) is 0 Å². The number of methoxy groups -OCH3 is 1. The third kappa shape index (κ3) is 3.55. The van der Waals surface area contributed by atoms with E-state index in [4.69, 9.17) is 4.74 Å². The number of aryl methyl sites for hydroxylation is 1. The molecular formula is C22H20N2O3S. The van der Waals surface area contributed by atoms with E-state index in [2.05, 4.69) is 4.98 Å². The summed E-state index contributed by atoms with van der Waals surface area (Å²) < 4.78 is 4.77. The van der Waals surface area contributed by atoms with Crippen LogP contribution < -0.4 is 4.90 Å². The van der Waals surface area contributed by atoms with Crippen molar-refractivity contribution >= 4 is 28.9 Å². The SMILES string of the molecule is COC(=O)c1ccc2c(c1)CCN2C(=O)Cc1ccc(-c2csc(C)n2)cc1. The van der Waals surface area contributed by atoms with Crippen molar-refractivity contribution in [1.82, 2.24) is 4.98 Å². The first-order valence-corrected chi connectivity index (χ1v) is 9.96. The second kappa shape index (κ2) is 7.56. The van der Waals surface area contributed by atoms with Gasteiger partial charge in [-0.25, -0.2) is 9.78 Å². The Morgan fingerprint density at radius 1 is 1.18 bits per heavy atom. The Morgan fingerprint density at radius 2 is 1.96 bits per heavy atom. The van der Waals surface area contributed by atoms with E-state index in [9.17, 15) is 9.59 Å². The standard InChI is InChI=1S/C22H20N2O3S/c1-14-23-19(13-28-14)16-5-3-15(4-6-16)11-21(25)24-10-9-17-12-18(22(26)27-2)7-8-20(17)24/h3-8,12-13H,9-11H2,1-2H3. The van der Waals surface area contributed by atoms with Crippen LogP contribution in [0.1, 0.15) is 26.5 Å². The largest absolute Gasteiger partial charge is 0.465 e. The molecule has 4 rings (SSSR count). The number of rotatable bonds is 4. The van der Waals surface area contributed by atoms with Crippen LogP contribution in [-0.4, -0.2) is 30.5 Å². The molecule has 0 saturated carbocycles. The maximum absolute atomic E-state index is 12.8. The van der Waals surface area contributed by atoms with Gasteiger partial charge in [-0.1, -0.05) is 24.3 Å². The van der Waals surface area contributed by atoms with Crippen molar-refractivity contribution in [3.05, 3.63) is 69.5 Å². The van der Waals surface area contributed by atoms with E-state index in [0.717, 1.165) is 39.5 Å². The lowest BCUT2D eigenvalue weighted by atomic mass is 10.1. The minimum absolute atomic E-state index is 0.0572. The number of ether oxygens (including phenoxy) is 1. The number of hydrogen-bond acceptors (Lipinski definition) is 5. The highest BCUT2D eigenvalue weighted by atomic mass is 32.1. The molecular weight excluding hydrogens is 372 g/mol. The van der Waals surface area contributed by atoms with Gasteiger partial charge in [-0.2, -0.15) is 0 Å². The van der Waals surface area contributed by atoms with Crippen LogP contribution in [0.25, 0.3) is 11.3 Å². The molecule has 2 aromatic carbocycles. The molecule has 0 fully saturated rings. The summed E-state index contributed by atoms with van der Waals surface area (Å²) in [6, 6.07) is 13.4. The molecule has 0 radical (unpaired) electrons. The topological polar surface area (TPSA) is 59.5 Å². The molecule has 142 valence electrons. The number of carbonyl (C=O) groups is 2. The number of hydrogen-bond donors (Lipinski definition) is 0. The number of esters is 1. The number of nitrogens with zero attached hydrogens (tertiary/aromatic N) is 2. The molecule has 0 N–H and O–H groups in total. The predicted octanol–water partition coefficient (Wildman–Crippen LogP) is 4.04. The molecule has 0 atom stereocenters. The van der Waals surface area contributed by atoms with E-state index in [0.29, 0.717) is 18.5 Å². The predicted molar refractivity (Wildman–Crippen MR) is 110 cm³/mol. The number of amides is 1. The number of benzene rings is 2. The molecule has 1 aliphatic rings. The summed E-state index contributed by atoms with van der Waals surface area (Å²) in [5.41, 5.74) is 5.40. The van der Waals surface area contributed by atoms with Crippen LogP contribution in [0, 0.1) is 6.92 Å². The molecule has 28 heavy (non-hydrogen) atoms. The Kier molecular flexibility index (Phi) is 4.96. The van der Waals surface area contributed by atoms with Gasteiger partial charge in [-0.05, 0) is 42.7 Å². The quantitative estimate of drug-likeness (QED) is 0.629. The van der Waals surface area contributed by atoms with Crippen molar-refractivity contribution in [2.24, 2.45) is 0 Å². The zero-order valence-corrected chi connectivity index (χ0v) is 16.6. The van der Waals surface area contributed by atoms with Crippen molar-refractivity contribution in [2.45, 2.75) is 19.8 Å². The number of anilines is 1. The summed E-state index contributed by atoms with van der Waals surface area (Å²) in [5, 5.41) is 3.08. The first kappa shape index (κ1) is 18.4. The second-order valence-corrected chi connectivity index (χ2v) is 7.82. The van der Waals surface area contributed by atoms with Gasteiger partial charge in [0.25, 0.3) is 0 Å². The van der Waals surface area contributed by atoms with E-state index in [1.54, 1.807) is 22.3 Å². The van der Waals surface area contributed by atoms with Crippen LogP contribution in [0.2, 0.25) is 0 Å². The highest BCUT2D eigenvalue weighted by molar-refractivity contribution is 7.09.